The summed E-state index contributed by atoms with van der Waals surface area (Å²) in [5.74, 6) is 1.38. The van der Waals surface area contributed by atoms with Crippen molar-refractivity contribution in [2.75, 3.05) is 5.75 Å². The van der Waals surface area contributed by atoms with Crippen LogP contribution in [0.4, 0.5) is 0 Å². The third-order valence-corrected chi connectivity index (χ3v) is 5.57. The molecule has 0 radical (unpaired) electrons. The number of carbonyl (C=O) groups is 1. The molecular weight excluding hydrogens is 428 g/mol. The molecule has 0 atom stereocenters. The van der Waals surface area contributed by atoms with Gasteiger partial charge in [-0.05, 0) is 30.7 Å². The summed E-state index contributed by atoms with van der Waals surface area (Å²) in [6.07, 6.45) is 7.28. The highest BCUT2D eigenvalue weighted by molar-refractivity contribution is 9.10. The maximum atomic E-state index is 11.1. The molecule has 0 aliphatic heterocycles. The lowest BCUT2D eigenvalue weighted by molar-refractivity contribution is -0.115. The Hall–Kier alpha value is -1.54. The molecule has 8 heteroatoms. The minimum Gasteiger partial charge on any atom is -0.486 e. The number of nitrogens with two attached hydrogens (primary N) is 1. The quantitative estimate of drug-likeness (QED) is 0.354. The summed E-state index contributed by atoms with van der Waals surface area (Å²) in [7, 11) is 0. The van der Waals surface area contributed by atoms with Crippen molar-refractivity contribution in [1.82, 2.24) is 14.8 Å². The average molecular weight is 455 g/mol. The molecule has 2 aromatic rings. The van der Waals surface area contributed by atoms with Gasteiger partial charge in [-0.2, -0.15) is 0 Å². The predicted octanol–water partition coefficient (Wildman–Crippen LogP) is 4.56. The molecule has 0 saturated heterocycles. The standard InChI is InChI=1S/C19H27BrN4O2S/c1-2-3-4-5-6-7-12-24-18(22-23-19(24)27-14-17(21)25)13-26-16-10-8-15(20)9-11-16/h8-11H,2-7,12-14H2,1H3,(H2,21,25). The number of benzene rings is 1. The number of ether oxygens (including phenoxy) is 1. The fraction of sp³-hybridized carbons (Fsp3) is 0.526. The van der Waals surface area contributed by atoms with Crippen molar-refractivity contribution in [1.29, 1.82) is 0 Å². The number of nitrogens with zero attached hydrogens (tertiary/aromatic N) is 3. The molecule has 27 heavy (non-hydrogen) atoms. The van der Waals surface area contributed by atoms with E-state index in [0.717, 1.165) is 34.2 Å². The molecule has 1 aromatic carbocycles. The van der Waals surface area contributed by atoms with Crippen LogP contribution in [0.3, 0.4) is 0 Å². The Kier molecular flexibility index (Phi) is 9.69. The number of thioether (sulfide) groups is 1. The van der Waals surface area contributed by atoms with E-state index in [1.807, 2.05) is 28.8 Å². The smallest absolute Gasteiger partial charge is 0.227 e. The zero-order valence-electron chi connectivity index (χ0n) is 15.7. The van der Waals surface area contributed by atoms with Gasteiger partial charge in [0.25, 0.3) is 0 Å². The number of primary amides is 1. The predicted molar refractivity (Wildman–Crippen MR) is 112 cm³/mol. The van der Waals surface area contributed by atoms with Crippen LogP contribution in [-0.4, -0.2) is 26.4 Å². The summed E-state index contributed by atoms with van der Waals surface area (Å²) in [5, 5.41) is 9.20. The van der Waals surface area contributed by atoms with E-state index < -0.39 is 0 Å². The lowest BCUT2D eigenvalue weighted by Gasteiger charge is -2.11. The highest BCUT2D eigenvalue weighted by Crippen LogP contribution is 2.21. The van der Waals surface area contributed by atoms with Gasteiger partial charge < -0.3 is 15.0 Å². The van der Waals surface area contributed by atoms with Gasteiger partial charge in [0.1, 0.15) is 12.4 Å². The fourth-order valence-corrected chi connectivity index (χ4v) is 3.61. The van der Waals surface area contributed by atoms with E-state index in [4.69, 9.17) is 10.5 Å². The Balaban J connectivity index is 1.96. The molecule has 0 bridgehead atoms. The van der Waals surface area contributed by atoms with Crippen molar-refractivity contribution in [3.8, 4) is 5.75 Å². The first-order valence-electron chi connectivity index (χ1n) is 9.31. The molecule has 0 spiro atoms. The summed E-state index contributed by atoms with van der Waals surface area (Å²) in [5.41, 5.74) is 5.27. The number of aromatic nitrogens is 3. The van der Waals surface area contributed by atoms with Crippen LogP contribution < -0.4 is 10.5 Å². The molecule has 148 valence electrons. The van der Waals surface area contributed by atoms with Crippen LogP contribution in [0, 0.1) is 0 Å². The van der Waals surface area contributed by atoms with E-state index in [9.17, 15) is 4.79 Å². The van der Waals surface area contributed by atoms with E-state index in [2.05, 4.69) is 33.1 Å². The van der Waals surface area contributed by atoms with Gasteiger partial charge >= 0.3 is 0 Å². The number of hydrogen-bond acceptors (Lipinski definition) is 5. The molecule has 1 aromatic heterocycles. The highest BCUT2D eigenvalue weighted by Gasteiger charge is 2.14. The van der Waals surface area contributed by atoms with Crippen LogP contribution in [0.2, 0.25) is 0 Å². The molecule has 0 fully saturated rings. The Morgan fingerprint density at radius 1 is 1.15 bits per heavy atom. The van der Waals surface area contributed by atoms with E-state index in [-0.39, 0.29) is 11.7 Å². The first kappa shape index (κ1) is 21.8. The second-order valence-electron chi connectivity index (χ2n) is 6.32. The summed E-state index contributed by atoms with van der Waals surface area (Å²) in [6.45, 7) is 3.37. The lowest BCUT2D eigenvalue weighted by Crippen LogP contribution is -2.14. The van der Waals surface area contributed by atoms with E-state index in [1.54, 1.807) is 0 Å². The van der Waals surface area contributed by atoms with Crippen molar-refractivity contribution in [2.24, 2.45) is 5.73 Å². The van der Waals surface area contributed by atoms with E-state index in [0.29, 0.717) is 6.61 Å². The Morgan fingerprint density at radius 2 is 1.85 bits per heavy atom. The Bertz CT molecular complexity index is 706. The summed E-state index contributed by atoms with van der Waals surface area (Å²) in [4.78, 5) is 11.1. The van der Waals surface area contributed by atoms with Crippen molar-refractivity contribution >= 4 is 33.6 Å². The Morgan fingerprint density at radius 3 is 2.56 bits per heavy atom. The molecule has 6 nitrogen and oxygen atoms in total. The van der Waals surface area contributed by atoms with Gasteiger partial charge in [-0.15, -0.1) is 10.2 Å². The molecule has 2 N–H and O–H groups in total. The third-order valence-electron chi connectivity index (χ3n) is 4.05. The molecule has 1 heterocycles. The molecule has 0 saturated carbocycles. The maximum Gasteiger partial charge on any atom is 0.227 e. The molecule has 0 aliphatic carbocycles. The monoisotopic (exact) mass is 454 g/mol. The van der Waals surface area contributed by atoms with Crippen molar-refractivity contribution in [3.05, 3.63) is 34.6 Å². The molecule has 0 aliphatic rings. The second-order valence-corrected chi connectivity index (χ2v) is 8.17. The van der Waals surface area contributed by atoms with Gasteiger partial charge in [0, 0.05) is 11.0 Å². The van der Waals surface area contributed by atoms with E-state index in [1.165, 1.54) is 43.9 Å². The summed E-state index contributed by atoms with van der Waals surface area (Å²) in [6, 6.07) is 7.68. The largest absolute Gasteiger partial charge is 0.486 e. The number of amides is 1. The third kappa shape index (κ3) is 7.92. The summed E-state index contributed by atoms with van der Waals surface area (Å²) < 4.78 is 8.89. The van der Waals surface area contributed by atoms with Gasteiger partial charge in [-0.25, -0.2) is 0 Å². The molecule has 2 rings (SSSR count). The number of rotatable bonds is 13. The zero-order valence-corrected chi connectivity index (χ0v) is 18.1. The van der Waals surface area contributed by atoms with Crippen molar-refractivity contribution in [3.63, 3.8) is 0 Å². The fourth-order valence-electron chi connectivity index (χ4n) is 2.62. The van der Waals surface area contributed by atoms with Crippen molar-refractivity contribution < 1.29 is 9.53 Å². The van der Waals surface area contributed by atoms with Crippen LogP contribution in [0.1, 0.15) is 51.3 Å². The summed E-state index contributed by atoms with van der Waals surface area (Å²) >= 11 is 4.74. The minimum absolute atomic E-state index is 0.197. The van der Waals surface area contributed by atoms with Crippen LogP contribution in [-0.2, 0) is 17.9 Å². The van der Waals surface area contributed by atoms with Crippen LogP contribution in [0.5, 0.6) is 5.75 Å². The topological polar surface area (TPSA) is 83.0 Å². The van der Waals surface area contributed by atoms with Crippen LogP contribution >= 0.6 is 27.7 Å². The minimum atomic E-state index is -0.359. The number of unbranched alkanes of at least 4 members (excludes halogenated alkanes) is 5. The van der Waals surface area contributed by atoms with Crippen molar-refractivity contribution in [2.45, 2.75) is 63.8 Å². The number of hydrogen-bond donors (Lipinski definition) is 1. The molecule has 0 unspecified atom stereocenters. The Labute approximate surface area is 173 Å². The van der Waals surface area contributed by atoms with Gasteiger partial charge in [0.2, 0.25) is 5.91 Å². The van der Waals surface area contributed by atoms with Gasteiger partial charge in [-0.3, -0.25) is 4.79 Å². The SMILES string of the molecule is CCCCCCCCn1c(COc2ccc(Br)cc2)nnc1SCC(N)=O. The average Bonchev–Trinajstić information content (AvgIpc) is 3.04. The first-order chi connectivity index (χ1) is 13.1. The van der Waals surface area contributed by atoms with E-state index >= 15 is 0 Å². The van der Waals surface area contributed by atoms with Gasteiger partial charge in [0.15, 0.2) is 11.0 Å². The molecular formula is C19H27BrN4O2S. The number of halogens is 1. The lowest BCUT2D eigenvalue weighted by atomic mass is 10.1. The zero-order chi connectivity index (χ0) is 19.5. The first-order valence-corrected chi connectivity index (χ1v) is 11.1. The highest BCUT2D eigenvalue weighted by atomic mass is 79.9. The van der Waals surface area contributed by atoms with Gasteiger partial charge in [-0.1, -0.05) is 66.7 Å². The molecule has 1 amide bonds. The second kappa shape index (κ2) is 12.0. The maximum absolute atomic E-state index is 11.1. The number of carbonyl (C=O) groups excluding carboxylic acids is 1. The van der Waals surface area contributed by atoms with Gasteiger partial charge in [0.05, 0.1) is 5.75 Å². The van der Waals surface area contributed by atoms with Crippen LogP contribution in [0.25, 0.3) is 0 Å². The van der Waals surface area contributed by atoms with Crippen LogP contribution in [0.15, 0.2) is 33.9 Å². The normalized spacial score (nSPS) is 10.9.